The Labute approximate surface area is 151 Å². The van der Waals surface area contributed by atoms with Crippen molar-refractivity contribution in [2.45, 2.75) is 6.54 Å². The van der Waals surface area contributed by atoms with E-state index < -0.39 is 0 Å². The van der Waals surface area contributed by atoms with Gasteiger partial charge in [0, 0.05) is 18.2 Å². The third-order valence-electron chi connectivity index (χ3n) is 3.83. The van der Waals surface area contributed by atoms with E-state index in [0.717, 1.165) is 5.56 Å². The van der Waals surface area contributed by atoms with E-state index in [1.54, 1.807) is 45.5 Å². The third-order valence-corrected chi connectivity index (χ3v) is 3.83. The van der Waals surface area contributed by atoms with E-state index in [1.807, 2.05) is 24.3 Å². The maximum atomic E-state index is 12.5. The Balaban J connectivity index is 1.72. The molecule has 3 rings (SSSR count). The second kappa shape index (κ2) is 7.69. The van der Waals surface area contributed by atoms with Gasteiger partial charge in [0.15, 0.2) is 0 Å². The zero-order valence-corrected chi connectivity index (χ0v) is 14.8. The number of aromatic nitrogens is 2. The third kappa shape index (κ3) is 3.83. The van der Waals surface area contributed by atoms with Crippen molar-refractivity contribution in [3.8, 4) is 22.9 Å². The highest BCUT2D eigenvalue weighted by atomic mass is 16.5. The molecule has 0 radical (unpaired) electrons. The molecule has 0 aliphatic heterocycles. The maximum absolute atomic E-state index is 12.5. The Morgan fingerprint density at radius 3 is 2.50 bits per heavy atom. The molecule has 0 saturated carbocycles. The van der Waals surface area contributed by atoms with Gasteiger partial charge in [-0.2, -0.15) is 4.98 Å². The minimum atomic E-state index is -0.162. The molecule has 0 bridgehead atoms. The lowest BCUT2D eigenvalue weighted by atomic mass is 10.2. The lowest BCUT2D eigenvalue weighted by Gasteiger charge is -2.15. The van der Waals surface area contributed by atoms with E-state index in [-0.39, 0.29) is 12.5 Å². The van der Waals surface area contributed by atoms with Crippen LogP contribution in [0.2, 0.25) is 0 Å². The van der Waals surface area contributed by atoms with Crippen molar-refractivity contribution in [3.63, 3.8) is 0 Å². The zero-order chi connectivity index (χ0) is 18.5. The lowest BCUT2D eigenvalue weighted by Crippen LogP contribution is -2.26. The number of carbonyl (C=O) groups excluding carboxylic acids is 1. The fourth-order valence-electron chi connectivity index (χ4n) is 2.45. The Bertz CT molecular complexity index is 907. The molecule has 0 aliphatic carbocycles. The van der Waals surface area contributed by atoms with Gasteiger partial charge in [-0.3, -0.25) is 4.79 Å². The first-order chi connectivity index (χ1) is 12.6. The fraction of sp³-hybridized carbons (Fsp3) is 0.211. The van der Waals surface area contributed by atoms with E-state index in [0.29, 0.717) is 28.8 Å². The molecule has 0 atom stereocenters. The Hall–Kier alpha value is -3.35. The summed E-state index contributed by atoms with van der Waals surface area (Å²) in [4.78, 5) is 18.4. The molecule has 0 spiro atoms. The summed E-state index contributed by atoms with van der Waals surface area (Å²) < 4.78 is 15.6. The monoisotopic (exact) mass is 353 g/mol. The summed E-state index contributed by atoms with van der Waals surface area (Å²) in [6, 6.07) is 14.4. The average molecular weight is 353 g/mol. The average Bonchev–Trinajstić information content (AvgIpc) is 3.16. The summed E-state index contributed by atoms with van der Waals surface area (Å²) in [7, 11) is 4.84. The second-order valence-corrected chi connectivity index (χ2v) is 5.64. The van der Waals surface area contributed by atoms with Crippen LogP contribution < -0.4 is 9.47 Å². The molecule has 0 unspecified atom stereocenters. The number of amides is 1. The van der Waals surface area contributed by atoms with Gasteiger partial charge in [-0.15, -0.1) is 0 Å². The number of methoxy groups -OCH3 is 2. The van der Waals surface area contributed by atoms with Crippen LogP contribution in [0, 0.1) is 0 Å². The summed E-state index contributed by atoms with van der Waals surface area (Å²) in [5, 5.41) is 3.97. The van der Waals surface area contributed by atoms with E-state index in [2.05, 4.69) is 10.1 Å². The Morgan fingerprint density at radius 1 is 1.08 bits per heavy atom. The molecule has 0 aliphatic rings. The summed E-state index contributed by atoms with van der Waals surface area (Å²) in [5.41, 5.74) is 1.31. The quantitative estimate of drug-likeness (QED) is 0.678. The molecule has 26 heavy (non-hydrogen) atoms. The van der Waals surface area contributed by atoms with Crippen LogP contribution in [0.5, 0.6) is 11.5 Å². The van der Waals surface area contributed by atoms with E-state index in [4.69, 9.17) is 14.0 Å². The molecule has 1 amide bonds. The summed E-state index contributed by atoms with van der Waals surface area (Å²) >= 11 is 0. The zero-order valence-electron chi connectivity index (χ0n) is 14.8. The molecule has 3 aromatic rings. The van der Waals surface area contributed by atoms with E-state index in [1.165, 1.54) is 4.90 Å². The van der Waals surface area contributed by atoms with Crippen molar-refractivity contribution in [2.75, 3.05) is 21.3 Å². The van der Waals surface area contributed by atoms with E-state index >= 15 is 0 Å². The normalized spacial score (nSPS) is 10.4. The Morgan fingerprint density at radius 2 is 1.77 bits per heavy atom. The van der Waals surface area contributed by atoms with Crippen molar-refractivity contribution in [1.82, 2.24) is 15.0 Å². The molecular weight excluding hydrogens is 334 g/mol. The number of carbonyl (C=O) groups is 1. The van der Waals surface area contributed by atoms with Gasteiger partial charge in [-0.1, -0.05) is 23.4 Å². The highest BCUT2D eigenvalue weighted by Crippen LogP contribution is 2.21. The molecule has 7 nitrogen and oxygen atoms in total. The summed E-state index contributed by atoms with van der Waals surface area (Å²) in [5.74, 6) is 1.97. The molecule has 1 aromatic heterocycles. The number of benzene rings is 2. The minimum Gasteiger partial charge on any atom is -0.497 e. The number of hydrogen-bond acceptors (Lipinski definition) is 6. The highest BCUT2D eigenvalue weighted by Gasteiger charge is 2.17. The number of ether oxygens (including phenoxy) is 2. The summed E-state index contributed by atoms with van der Waals surface area (Å²) in [6.45, 7) is 0.201. The lowest BCUT2D eigenvalue weighted by molar-refractivity contribution is 0.0769. The molecule has 1 heterocycles. The number of rotatable bonds is 6. The summed E-state index contributed by atoms with van der Waals surface area (Å²) in [6.07, 6.45) is 0. The van der Waals surface area contributed by atoms with Gasteiger partial charge in [0.25, 0.3) is 5.91 Å². The SMILES string of the molecule is COc1cccc(C(=O)N(C)Cc2nc(-c3cccc(OC)c3)no2)c1. The van der Waals surface area contributed by atoms with Crippen molar-refractivity contribution in [1.29, 1.82) is 0 Å². The van der Waals surface area contributed by atoms with Gasteiger partial charge in [-0.05, 0) is 30.3 Å². The van der Waals surface area contributed by atoms with Crippen molar-refractivity contribution >= 4 is 5.91 Å². The van der Waals surface area contributed by atoms with Crippen LogP contribution in [0.4, 0.5) is 0 Å². The molecular formula is C19H19N3O4. The van der Waals surface area contributed by atoms with Gasteiger partial charge in [0.1, 0.15) is 11.5 Å². The first-order valence-corrected chi connectivity index (χ1v) is 7.97. The predicted octanol–water partition coefficient (Wildman–Crippen LogP) is 3.03. The first kappa shape index (κ1) is 17.5. The van der Waals surface area contributed by atoms with Crippen LogP contribution >= 0.6 is 0 Å². The van der Waals surface area contributed by atoms with Crippen LogP contribution in [-0.2, 0) is 6.54 Å². The van der Waals surface area contributed by atoms with Gasteiger partial charge in [0.05, 0.1) is 20.8 Å². The smallest absolute Gasteiger partial charge is 0.254 e. The fourth-order valence-corrected chi connectivity index (χ4v) is 2.45. The van der Waals surface area contributed by atoms with Crippen LogP contribution in [0.3, 0.4) is 0 Å². The maximum Gasteiger partial charge on any atom is 0.254 e. The highest BCUT2D eigenvalue weighted by molar-refractivity contribution is 5.94. The molecule has 134 valence electrons. The molecule has 0 fully saturated rings. The van der Waals surface area contributed by atoms with Crippen LogP contribution in [0.25, 0.3) is 11.4 Å². The van der Waals surface area contributed by atoms with Crippen LogP contribution in [-0.4, -0.2) is 42.2 Å². The first-order valence-electron chi connectivity index (χ1n) is 7.97. The van der Waals surface area contributed by atoms with Crippen molar-refractivity contribution in [3.05, 3.63) is 60.0 Å². The number of nitrogens with zero attached hydrogens (tertiary/aromatic N) is 3. The van der Waals surface area contributed by atoms with Crippen molar-refractivity contribution < 1.29 is 18.8 Å². The Kier molecular flexibility index (Phi) is 5.17. The molecule has 0 saturated heterocycles. The standard InChI is InChI=1S/C19H19N3O4/c1-22(19(23)14-7-5-9-16(11-14)25-3)12-17-20-18(21-26-17)13-6-4-8-15(10-13)24-2/h4-11H,12H2,1-3H3. The van der Waals surface area contributed by atoms with Gasteiger partial charge < -0.3 is 18.9 Å². The molecule has 7 heteroatoms. The van der Waals surface area contributed by atoms with Crippen LogP contribution in [0.15, 0.2) is 53.1 Å². The predicted molar refractivity (Wildman–Crippen MR) is 95.1 cm³/mol. The molecule has 0 N–H and O–H groups in total. The van der Waals surface area contributed by atoms with Crippen LogP contribution in [0.1, 0.15) is 16.2 Å². The van der Waals surface area contributed by atoms with Gasteiger partial charge in [-0.25, -0.2) is 0 Å². The topological polar surface area (TPSA) is 77.7 Å². The second-order valence-electron chi connectivity index (χ2n) is 5.64. The largest absolute Gasteiger partial charge is 0.497 e. The number of hydrogen-bond donors (Lipinski definition) is 0. The van der Waals surface area contributed by atoms with Crippen molar-refractivity contribution in [2.24, 2.45) is 0 Å². The van der Waals surface area contributed by atoms with E-state index in [9.17, 15) is 4.79 Å². The molecule has 2 aromatic carbocycles. The van der Waals surface area contributed by atoms with Gasteiger partial charge in [0.2, 0.25) is 11.7 Å². The van der Waals surface area contributed by atoms with Gasteiger partial charge >= 0.3 is 0 Å². The minimum absolute atomic E-state index is 0.162.